The molecule has 0 aromatic carbocycles. The Kier molecular flexibility index (Phi) is 4.97. The van der Waals surface area contributed by atoms with Crippen LogP contribution in [0, 0.1) is 11.3 Å². The third kappa shape index (κ3) is 4.59. The molecular weight excluding hydrogens is 166 g/mol. The van der Waals surface area contributed by atoms with E-state index in [9.17, 15) is 4.79 Å². The molecule has 0 heterocycles. The molecule has 0 atom stereocenters. The van der Waals surface area contributed by atoms with Crippen LogP contribution in [0.4, 0.5) is 0 Å². The molecule has 0 aliphatic heterocycles. The van der Waals surface area contributed by atoms with Gasteiger partial charge in [-0.25, -0.2) is 4.79 Å². The smallest absolute Gasteiger partial charge is 0.346 e. The molecule has 0 bridgehead atoms. The van der Waals surface area contributed by atoms with Crippen molar-refractivity contribution >= 4 is 5.97 Å². The van der Waals surface area contributed by atoms with E-state index in [0.717, 1.165) is 5.57 Å². The van der Waals surface area contributed by atoms with Crippen molar-refractivity contribution in [3.8, 4) is 6.07 Å². The molecule has 3 nitrogen and oxygen atoms in total. The van der Waals surface area contributed by atoms with Gasteiger partial charge in [0.2, 0.25) is 0 Å². The molecule has 0 saturated heterocycles. The van der Waals surface area contributed by atoms with E-state index in [0.29, 0.717) is 0 Å². The van der Waals surface area contributed by atoms with E-state index >= 15 is 0 Å². The molecule has 0 amide bonds. The van der Waals surface area contributed by atoms with Crippen LogP contribution in [0.2, 0.25) is 0 Å². The average Bonchev–Trinajstić information content (AvgIpc) is 2.05. The lowest BCUT2D eigenvalue weighted by Gasteiger charge is -1.88. The lowest BCUT2D eigenvalue weighted by atomic mass is 10.2. The Morgan fingerprint density at radius 3 is 2.46 bits per heavy atom. The molecule has 0 fully saturated rings. The van der Waals surface area contributed by atoms with E-state index in [-0.39, 0.29) is 5.57 Å². The summed E-state index contributed by atoms with van der Waals surface area (Å²) in [5.74, 6) is -1.20. The maximum atomic E-state index is 10.4. The van der Waals surface area contributed by atoms with Crippen LogP contribution < -0.4 is 0 Å². The number of carboxylic acids is 1. The topological polar surface area (TPSA) is 61.1 Å². The summed E-state index contributed by atoms with van der Waals surface area (Å²) >= 11 is 0. The molecule has 0 aromatic rings. The molecule has 0 unspecified atom stereocenters. The third-order valence-electron chi connectivity index (χ3n) is 1.29. The second-order valence-corrected chi connectivity index (χ2v) is 2.41. The number of allylic oxidation sites excluding steroid dienone is 5. The van der Waals surface area contributed by atoms with Crippen LogP contribution in [0.1, 0.15) is 13.8 Å². The zero-order valence-electron chi connectivity index (χ0n) is 7.61. The molecule has 0 radical (unpaired) electrons. The van der Waals surface area contributed by atoms with Gasteiger partial charge in [0.1, 0.15) is 11.6 Å². The third-order valence-corrected chi connectivity index (χ3v) is 1.29. The monoisotopic (exact) mass is 177 g/mol. The minimum absolute atomic E-state index is 0.260. The summed E-state index contributed by atoms with van der Waals surface area (Å²) in [4.78, 5) is 10.4. The van der Waals surface area contributed by atoms with Crippen molar-refractivity contribution in [1.82, 2.24) is 0 Å². The number of aliphatic carboxylic acids is 1. The second-order valence-electron chi connectivity index (χ2n) is 2.41. The van der Waals surface area contributed by atoms with Crippen LogP contribution in [0.25, 0.3) is 0 Å². The molecule has 0 spiro atoms. The minimum atomic E-state index is -1.20. The van der Waals surface area contributed by atoms with E-state index in [2.05, 4.69) is 0 Å². The molecule has 13 heavy (non-hydrogen) atoms. The lowest BCUT2D eigenvalue weighted by molar-refractivity contribution is -0.132. The molecule has 0 aliphatic carbocycles. The highest BCUT2D eigenvalue weighted by Gasteiger charge is 2.02. The summed E-state index contributed by atoms with van der Waals surface area (Å²) in [7, 11) is 0. The second kappa shape index (κ2) is 5.78. The summed E-state index contributed by atoms with van der Waals surface area (Å²) < 4.78 is 0. The van der Waals surface area contributed by atoms with Crippen molar-refractivity contribution in [2.45, 2.75) is 13.8 Å². The van der Waals surface area contributed by atoms with Gasteiger partial charge in [0.25, 0.3) is 0 Å². The van der Waals surface area contributed by atoms with Crippen LogP contribution in [-0.2, 0) is 4.79 Å². The standard InChI is InChI=1S/C10H11NO2/c1-3-4-8(2)5-6-9(7-11)10(12)13/h3-6H,1-2H3,(H,12,13). The van der Waals surface area contributed by atoms with Gasteiger partial charge >= 0.3 is 5.97 Å². The first-order chi connectivity index (χ1) is 6.11. The number of rotatable bonds is 3. The van der Waals surface area contributed by atoms with Crippen molar-refractivity contribution in [1.29, 1.82) is 5.26 Å². The molecule has 3 heteroatoms. The van der Waals surface area contributed by atoms with Gasteiger partial charge in [-0.1, -0.05) is 23.8 Å². The van der Waals surface area contributed by atoms with Crippen LogP contribution in [0.15, 0.2) is 35.5 Å². The fraction of sp³-hybridized carbons (Fsp3) is 0.200. The molecule has 0 rings (SSSR count). The Hall–Kier alpha value is -1.82. The first kappa shape index (κ1) is 11.2. The van der Waals surface area contributed by atoms with E-state index < -0.39 is 5.97 Å². The first-order valence-corrected chi connectivity index (χ1v) is 3.76. The van der Waals surface area contributed by atoms with Gasteiger partial charge in [-0.15, -0.1) is 0 Å². The van der Waals surface area contributed by atoms with Crippen molar-refractivity contribution < 1.29 is 9.90 Å². The van der Waals surface area contributed by atoms with Gasteiger partial charge in [-0.2, -0.15) is 5.26 Å². The normalized spacial score (nSPS) is 13.0. The van der Waals surface area contributed by atoms with Crippen LogP contribution in [-0.4, -0.2) is 11.1 Å². The highest BCUT2D eigenvalue weighted by atomic mass is 16.4. The van der Waals surface area contributed by atoms with Gasteiger partial charge < -0.3 is 5.11 Å². The Morgan fingerprint density at radius 2 is 2.08 bits per heavy atom. The van der Waals surface area contributed by atoms with E-state index in [1.807, 2.05) is 26.0 Å². The molecule has 0 aliphatic rings. The fourth-order valence-electron chi connectivity index (χ4n) is 0.690. The van der Waals surface area contributed by atoms with Gasteiger partial charge in [0, 0.05) is 0 Å². The van der Waals surface area contributed by atoms with E-state index in [1.54, 1.807) is 12.1 Å². The van der Waals surface area contributed by atoms with Gasteiger partial charge in [-0.3, -0.25) is 0 Å². The fourth-order valence-corrected chi connectivity index (χ4v) is 0.690. The number of carbonyl (C=O) groups is 1. The summed E-state index contributed by atoms with van der Waals surface area (Å²) in [5, 5.41) is 16.9. The minimum Gasteiger partial charge on any atom is -0.477 e. The van der Waals surface area contributed by atoms with Crippen LogP contribution >= 0.6 is 0 Å². The molecule has 0 aromatic heterocycles. The van der Waals surface area contributed by atoms with Crippen LogP contribution in [0.5, 0.6) is 0 Å². The molecule has 0 saturated carbocycles. The van der Waals surface area contributed by atoms with Crippen molar-refractivity contribution in [2.24, 2.45) is 0 Å². The number of nitrogens with zero attached hydrogens (tertiary/aromatic N) is 1. The Morgan fingerprint density at radius 1 is 1.46 bits per heavy atom. The summed E-state index contributed by atoms with van der Waals surface area (Å²) in [6.07, 6.45) is 6.55. The first-order valence-electron chi connectivity index (χ1n) is 3.76. The summed E-state index contributed by atoms with van der Waals surface area (Å²) in [6.45, 7) is 3.69. The average molecular weight is 177 g/mol. The molecule has 68 valence electrons. The Bertz CT molecular complexity index is 316. The van der Waals surface area contributed by atoms with Crippen molar-refractivity contribution in [3.63, 3.8) is 0 Å². The van der Waals surface area contributed by atoms with Gasteiger partial charge in [0.15, 0.2) is 0 Å². The number of carboxylic acid groups (broad SMARTS) is 1. The van der Waals surface area contributed by atoms with E-state index in [4.69, 9.17) is 10.4 Å². The van der Waals surface area contributed by atoms with Crippen molar-refractivity contribution in [2.75, 3.05) is 0 Å². The lowest BCUT2D eigenvalue weighted by Crippen LogP contribution is -1.96. The summed E-state index contributed by atoms with van der Waals surface area (Å²) in [5.41, 5.74) is 0.639. The Balaban J connectivity index is 4.67. The predicted octanol–water partition coefficient (Wildman–Crippen LogP) is 2.04. The van der Waals surface area contributed by atoms with Crippen LogP contribution in [0.3, 0.4) is 0 Å². The maximum Gasteiger partial charge on any atom is 0.346 e. The van der Waals surface area contributed by atoms with Gasteiger partial charge in [-0.05, 0) is 19.9 Å². The Labute approximate surface area is 77.3 Å². The SMILES string of the molecule is CC=CC(C)=CC=C(C#N)C(=O)O. The largest absolute Gasteiger partial charge is 0.477 e. The van der Waals surface area contributed by atoms with E-state index in [1.165, 1.54) is 6.08 Å². The summed E-state index contributed by atoms with van der Waals surface area (Å²) in [6, 6.07) is 1.59. The van der Waals surface area contributed by atoms with Gasteiger partial charge in [0.05, 0.1) is 0 Å². The number of hydrogen-bond acceptors (Lipinski definition) is 2. The zero-order valence-corrected chi connectivity index (χ0v) is 7.61. The highest BCUT2D eigenvalue weighted by Crippen LogP contribution is 1.99. The maximum absolute atomic E-state index is 10.4. The molecule has 1 N–H and O–H groups in total. The molecular formula is C10H11NO2. The zero-order chi connectivity index (χ0) is 10.3. The number of nitriles is 1. The number of hydrogen-bond donors (Lipinski definition) is 1. The van der Waals surface area contributed by atoms with Crippen molar-refractivity contribution in [3.05, 3.63) is 35.5 Å². The predicted molar refractivity (Wildman–Crippen MR) is 49.9 cm³/mol. The quantitative estimate of drug-likeness (QED) is 0.407. The highest BCUT2D eigenvalue weighted by molar-refractivity contribution is 5.91.